The summed E-state index contributed by atoms with van der Waals surface area (Å²) < 4.78 is 13.3. The maximum absolute atomic E-state index is 12.9. The number of carbonyl (C=O) groups excluding carboxylic acids is 1. The molecule has 0 bridgehead atoms. The molecule has 2 rings (SSSR count). The van der Waals surface area contributed by atoms with E-state index in [0.717, 1.165) is 12.8 Å². The lowest BCUT2D eigenvalue weighted by Crippen LogP contribution is -2.45. The molecular weight excluding hydrogens is 299 g/mol. The van der Waals surface area contributed by atoms with Crippen LogP contribution in [0.5, 0.6) is 0 Å². The van der Waals surface area contributed by atoms with Crippen LogP contribution in [0, 0.1) is 17.1 Å². The summed E-state index contributed by atoms with van der Waals surface area (Å²) in [6.45, 7) is 0. The number of rotatable bonds is 2. The summed E-state index contributed by atoms with van der Waals surface area (Å²) in [7, 11) is 0. The van der Waals surface area contributed by atoms with Gasteiger partial charge in [0.1, 0.15) is 11.4 Å². The molecule has 5 heteroatoms. The van der Waals surface area contributed by atoms with Crippen LogP contribution in [0.4, 0.5) is 4.39 Å². The number of nitriles is 1. The summed E-state index contributed by atoms with van der Waals surface area (Å²) in [5.74, 6) is -0.750. The predicted octanol–water partition coefficient (Wildman–Crippen LogP) is 3.15. The largest absolute Gasteiger partial charge is 0.334 e. The van der Waals surface area contributed by atoms with E-state index >= 15 is 0 Å². The Hall–Kier alpha value is -1.41. The van der Waals surface area contributed by atoms with Gasteiger partial charge >= 0.3 is 0 Å². The van der Waals surface area contributed by atoms with Crippen LogP contribution in [-0.2, 0) is 0 Å². The van der Waals surface area contributed by atoms with Crippen LogP contribution < -0.4 is 5.32 Å². The van der Waals surface area contributed by atoms with Crippen LogP contribution in [0.15, 0.2) is 22.7 Å². The van der Waals surface area contributed by atoms with Crippen molar-refractivity contribution in [1.29, 1.82) is 5.26 Å². The summed E-state index contributed by atoms with van der Waals surface area (Å²) in [4.78, 5) is 12.1. The zero-order chi connectivity index (χ0) is 13.2. The van der Waals surface area contributed by atoms with Gasteiger partial charge in [-0.3, -0.25) is 4.79 Å². The van der Waals surface area contributed by atoms with Gasteiger partial charge in [-0.05, 0) is 59.8 Å². The predicted molar refractivity (Wildman–Crippen MR) is 68.4 cm³/mol. The lowest BCUT2D eigenvalue weighted by atomic mass is 9.99. The maximum atomic E-state index is 12.9. The van der Waals surface area contributed by atoms with Gasteiger partial charge in [0, 0.05) is 4.47 Å². The molecule has 1 fully saturated rings. The van der Waals surface area contributed by atoms with Crippen molar-refractivity contribution in [3.8, 4) is 6.07 Å². The van der Waals surface area contributed by atoms with Crippen molar-refractivity contribution >= 4 is 21.8 Å². The third-order valence-electron chi connectivity index (χ3n) is 3.20. The molecule has 0 atom stereocenters. The summed E-state index contributed by atoms with van der Waals surface area (Å²) in [5, 5.41) is 12.0. The number of hydrogen-bond acceptors (Lipinski definition) is 2. The van der Waals surface area contributed by atoms with Crippen LogP contribution >= 0.6 is 15.9 Å². The molecule has 0 heterocycles. The molecule has 1 N–H and O–H groups in total. The van der Waals surface area contributed by atoms with Crippen molar-refractivity contribution in [3.05, 3.63) is 34.1 Å². The Morgan fingerprint density at radius 1 is 1.44 bits per heavy atom. The van der Waals surface area contributed by atoms with Gasteiger partial charge in [0.05, 0.1) is 11.6 Å². The first-order valence-corrected chi connectivity index (χ1v) is 6.54. The van der Waals surface area contributed by atoms with Crippen LogP contribution in [-0.4, -0.2) is 11.4 Å². The van der Waals surface area contributed by atoms with Crippen LogP contribution in [0.2, 0.25) is 0 Å². The second-order valence-corrected chi connectivity index (χ2v) is 5.33. The first-order valence-electron chi connectivity index (χ1n) is 5.75. The van der Waals surface area contributed by atoms with Crippen molar-refractivity contribution in [2.24, 2.45) is 0 Å². The monoisotopic (exact) mass is 310 g/mol. The molecule has 1 saturated carbocycles. The molecule has 3 nitrogen and oxygen atoms in total. The van der Waals surface area contributed by atoms with E-state index in [1.165, 1.54) is 18.2 Å². The first-order chi connectivity index (χ1) is 8.56. The molecule has 1 aromatic rings. The van der Waals surface area contributed by atoms with Crippen molar-refractivity contribution in [2.45, 2.75) is 31.2 Å². The van der Waals surface area contributed by atoms with E-state index in [1.807, 2.05) is 0 Å². The Morgan fingerprint density at radius 3 is 2.67 bits per heavy atom. The van der Waals surface area contributed by atoms with E-state index in [2.05, 4.69) is 27.3 Å². The van der Waals surface area contributed by atoms with E-state index in [0.29, 0.717) is 22.9 Å². The molecule has 0 saturated heterocycles. The van der Waals surface area contributed by atoms with E-state index in [-0.39, 0.29) is 5.91 Å². The average molecular weight is 311 g/mol. The zero-order valence-electron chi connectivity index (χ0n) is 9.67. The highest BCUT2D eigenvalue weighted by molar-refractivity contribution is 9.10. The Balaban J connectivity index is 2.19. The molecule has 0 unspecified atom stereocenters. The fourth-order valence-electron chi connectivity index (χ4n) is 2.20. The van der Waals surface area contributed by atoms with Crippen LogP contribution in [0.3, 0.4) is 0 Å². The lowest BCUT2D eigenvalue weighted by molar-refractivity contribution is 0.0920. The molecule has 1 aromatic carbocycles. The van der Waals surface area contributed by atoms with Gasteiger partial charge in [0.25, 0.3) is 5.91 Å². The molecule has 1 amide bonds. The molecule has 1 aliphatic rings. The molecule has 0 radical (unpaired) electrons. The molecule has 1 aliphatic carbocycles. The van der Waals surface area contributed by atoms with E-state index in [4.69, 9.17) is 0 Å². The Morgan fingerprint density at radius 2 is 2.11 bits per heavy atom. The standard InChI is InChI=1S/C13H12BrFN2O/c14-11-7-9(15)3-4-10(11)12(18)17-13(8-16)5-1-2-6-13/h3-4,7H,1-2,5-6H2,(H,17,18). The van der Waals surface area contributed by atoms with Crippen LogP contribution in [0.25, 0.3) is 0 Å². The number of hydrogen-bond donors (Lipinski definition) is 1. The molecule has 0 aliphatic heterocycles. The summed E-state index contributed by atoms with van der Waals surface area (Å²) in [5.41, 5.74) is -0.414. The van der Waals surface area contributed by atoms with Gasteiger partial charge in [-0.15, -0.1) is 0 Å². The molecular formula is C13H12BrFN2O. The highest BCUT2D eigenvalue weighted by atomic mass is 79.9. The summed E-state index contributed by atoms with van der Waals surface area (Å²) in [6, 6.07) is 6.07. The van der Waals surface area contributed by atoms with Gasteiger partial charge in [0.2, 0.25) is 0 Å². The second-order valence-electron chi connectivity index (χ2n) is 4.48. The third-order valence-corrected chi connectivity index (χ3v) is 3.86. The lowest BCUT2D eigenvalue weighted by Gasteiger charge is -2.22. The quantitative estimate of drug-likeness (QED) is 0.912. The van der Waals surface area contributed by atoms with Gasteiger partial charge < -0.3 is 5.32 Å². The molecule has 0 spiro atoms. The van der Waals surface area contributed by atoms with Crippen molar-refractivity contribution in [1.82, 2.24) is 5.32 Å². The minimum atomic E-state index is -0.759. The van der Waals surface area contributed by atoms with Crippen molar-refractivity contribution < 1.29 is 9.18 Å². The maximum Gasteiger partial charge on any atom is 0.253 e. The van der Waals surface area contributed by atoms with Crippen LogP contribution in [0.1, 0.15) is 36.0 Å². The summed E-state index contributed by atoms with van der Waals surface area (Å²) in [6.07, 6.45) is 3.24. The Bertz CT molecular complexity index is 518. The van der Waals surface area contributed by atoms with Crippen molar-refractivity contribution in [3.63, 3.8) is 0 Å². The number of nitrogens with zero attached hydrogens (tertiary/aromatic N) is 1. The van der Waals surface area contributed by atoms with Gasteiger partial charge in [-0.25, -0.2) is 4.39 Å². The second kappa shape index (κ2) is 5.07. The van der Waals surface area contributed by atoms with E-state index in [1.54, 1.807) is 0 Å². The highest BCUT2D eigenvalue weighted by Gasteiger charge is 2.35. The normalized spacial score (nSPS) is 17.2. The molecule has 94 valence electrons. The minimum Gasteiger partial charge on any atom is -0.334 e. The van der Waals surface area contributed by atoms with E-state index in [9.17, 15) is 14.4 Å². The van der Waals surface area contributed by atoms with Crippen molar-refractivity contribution in [2.75, 3.05) is 0 Å². The minimum absolute atomic E-state index is 0.342. The van der Waals surface area contributed by atoms with Gasteiger partial charge in [-0.2, -0.15) is 5.26 Å². The fraction of sp³-hybridized carbons (Fsp3) is 0.385. The fourth-order valence-corrected chi connectivity index (χ4v) is 2.73. The van der Waals surface area contributed by atoms with E-state index < -0.39 is 11.4 Å². The zero-order valence-corrected chi connectivity index (χ0v) is 11.3. The molecule has 0 aromatic heterocycles. The third kappa shape index (κ3) is 2.54. The number of nitrogens with one attached hydrogen (secondary N) is 1. The van der Waals surface area contributed by atoms with Gasteiger partial charge in [-0.1, -0.05) is 0 Å². The number of carbonyl (C=O) groups is 1. The van der Waals surface area contributed by atoms with Gasteiger partial charge in [0.15, 0.2) is 0 Å². The highest BCUT2D eigenvalue weighted by Crippen LogP contribution is 2.29. The molecule has 18 heavy (non-hydrogen) atoms. The Kier molecular flexibility index (Phi) is 3.67. The number of benzene rings is 1. The smallest absolute Gasteiger partial charge is 0.253 e. The number of halogens is 2. The Labute approximate surface area is 113 Å². The first kappa shape index (κ1) is 13.0. The number of amides is 1. The SMILES string of the molecule is N#CC1(NC(=O)c2ccc(F)cc2Br)CCCC1. The topological polar surface area (TPSA) is 52.9 Å². The summed E-state index contributed by atoms with van der Waals surface area (Å²) >= 11 is 3.15. The average Bonchev–Trinajstić information content (AvgIpc) is 2.78.